The SMILES string of the molecule is N#Cc1nc(/C=C/c2ccc([N+](=O)[O-])cc2)oc1N1CCN(C(=O)c2ccccc2)CC1. The average Bonchev–Trinajstić information content (AvgIpc) is 3.26. The van der Waals surface area contributed by atoms with Crippen LogP contribution in [0.25, 0.3) is 12.2 Å². The number of carbonyl (C=O) groups is 1. The van der Waals surface area contributed by atoms with Crippen LogP contribution in [0.2, 0.25) is 0 Å². The summed E-state index contributed by atoms with van der Waals surface area (Å²) >= 11 is 0. The largest absolute Gasteiger partial charge is 0.420 e. The van der Waals surface area contributed by atoms with Gasteiger partial charge in [0.15, 0.2) is 0 Å². The van der Waals surface area contributed by atoms with Gasteiger partial charge in [-0.1, -0.05) is 18.2 Å². The van der Waals surface area contributed by atoms with Crippen molar-refractivity contribution in [1.82, 2.24) is 9.88 Å². The number of piperazine rings is 1. The van der Waals surface area contributed by atoms with Crippen LogP contribution < -0.4 is 4.90 Å². The van der Waals surface area contributed by atoms with E-state index in [-0.39, 0.29) is 23.2 Å². The number of oxazole rings is 1. The van der Waals surface area contributed by atoms with E-state index in [1.807, 2.05) is 23.1 Å². The van der Waals surface area contributed by atoms with E-state index in [1.54, 1.807) is 41.3 Å². The van der Waals surface area contributed by atoms with Crippen molar-refractivity contribution in [3.8, 4) is 6.07 Å². The average molecular weight is 429 g/mol. The topological polar surface area (TPSA) is 117 Å². The first-order valence-electron chi connectivity index (χ1n) is 9.98. The van der Waals surface area contributed by atoms with Crippen molar-refractivity contribution < 1.29 is 14.1 Å². The number of nitro groups is 1. The molecule has 32 heavy (non-hydrogen) atoms. The molecule has 4 rings (SSSR count). The number of amides is 1. The Balaban J connectivity index is 1.43. The van der Waals surface area contributed by atoms with Crippen LogP contribution in [0.5, 0.6) is 0 Å². The Hall–Kier alpha value is -4.45. The third-order valence-electron chi connectivity index (χ3n) is 5.13. The summed E-state index contributed by atoms with van der Waals surface area (Å²) in [5, 5.41) is 20.2. The molecule has 1 aromatic heterocycles. The van der Waals surface area contributed by atoms with Crippen LogP contribution in [-0.2, 0) is 0 Å². The Morgan fingerprint density at radius 1 is 1.06 bits per heavy atom. The van der Waals surface area contributed by atoms with Gasteiger partial charge in [-0.05, 0) is 35.9 Å². The third-order valence-corrected chi connectivity index (χ3v) is 5.13. The lowest BCUT2D eigenvalue weighted by atomic mass is 10.2. The van der Waals surface area contributed by atoms with Crippen molar-refractivity contribution in [2.24, 2.45) is 0 Å². The highest BCUT2D eigenvalue weighted by atomic mass is 16.6. The first kappa shape index (κ1) is 20.8. The van der Waals surface area contributed by atoms with E-state index in [2.05, 4.69) is 11.1 Å². The summed E-state index contributed by atoms with van der Waals surface area (Å²) in [4.78, 5) is 30.8. The number of carbonyl (C=O) groups excluding carboxylic acids is 1. The van der Waals surface area contributed by atoms with Gasteiger partial charge in [0.2, 0.25) is 17.5 Å². The summed E-state index contributed by atoms with van der Waals surface area (Å²) in [6.07, 6.45) is 3.32. The van der Waals surface area contributed by atoms with Crippen molar-refractivity contribution in [1.29, 1.82) is 5.26 Å². The molecule has 0 saturated carbocycles. The molecule has 3 aromatic rings. The second-order valence-electron chi connectivity index (χ2n) is 7.14. The maximum atomic E-state index is 12.6. The molecule has 0 radical (unpaired) electrons. The Morgan fingerprint density at radius 3 is 2.38 bits per heavy atom. The molecule has 1 aliphatic heterocycles. The quantitative estimate of drug-likeness (QED) is 0.449. The summed E-state index contributed by atoms with van der Waals surface area (Å²) in [6.45, 7) is 2.06. The fourth-order valence-corrected chi connectivity index (χ4v) is 3.44. The number of rotatable bonds is 5. The second-order valence-corrected chi connectivity index (χ2v) is 7.14. The molecule has 1 saturated heterocycles. The molecule has 0 bridgehead atoms. The van der Waals surface area contributed by atoms with E-state index in [1.165, 1.54) is 12.1 Å². The summed E-state index contributed by atoms with van der Waals surface area (Å²) in [7, 11) is 0. The number of nitro benzene ring substituents is 1. The molecule has 2 heterocycles. The number of non-ortho nitro benzene ring substituents is 1. The van der Waals surface area contributed by atoms with Gasteiger partial charge in [-0.15, -0.1) is 0 Å². The molecule has 1 aliphatic rings. The van der Waals surface area contributed by atoms with Crippen LogP contribution in [0.4, 0.5) is 11.6 Å². The maximum Gasteiger partial charge on any atom is 0.269 e. The van der Waals surface area contributed by atoms with Gasteiger partial charge in [0, 0.05) is 50.0 Å². The molecule has 0 unspecified atom stereocenters. The van der Waals surface area contributed by atoms with Crippen LogP contribution in [0.1, 0.15) is 27.5 Å². The Bertz CT molecular complexity index is 1190. The van der Waals surface area contributed by atoms with Crippen molar-refractivity contribution in [2.75, 3.05) is 31.1 Å². The minimum absolute atomic E-state index is 0.0113. The summed E-state index contributed by atoms with van der Waals surface area (Å²) in [5.41, 5.74) is 1.58. The minimum Gasteiger partial charge on any atom is -0.420 e. The number of nitrogens with zero attached hydrogens (tertiary/aromatic N) is 5. The van der Waals surface area contributed by atoms with E-state index in [0.29, 0.717) is 37.6 Å². The van der Waals surface area contributed by atoms with Crippen molar-refractivity contribution in [2.45, 2.75) is 0 Å². The number of hydrogen-bond acceptors (Lipinski definition) is 7. The smallest absolute Gasteiger partial charge is 0.269 e. The van der Waals surface area contributed by atoms with Gasteiger partial charge >= 0.3 is 0 Å². The highest BCUT2D eigenvalue weighted by Crippen LogP contribution is 2.25. The van der Waals surface area contributed by atoms with Gasteiger partial charge in [-0.2, -0.15) is 10.2 Å². The number of nitriles is 1. The number of anilines is 1. The molecule has 1 amide bonds. The van der Waals surface area contributed by atoms with E-state index in [4.69, 9.17) is 4.42 Å². The molecular formula is C23H19N5O4. The van der Waals surface area contributed by atoms with Crippen molar-refractivity contribution >= 4 is 29.6 Å². The molecule has 160 valence electrons. The van der Waals surface area contributed by atoms with E-state index in [9.17, 15) is 20.2 Å². The fraction of sp³-hybridized carbons (Fsp3) is 0.174. The Labute approximate surface area is 184 Å². The molecule has 0 aliphatic carbocycles. The first-order valence-corrected chi connectivity index (χ1v) is 9.98. The van der Waals surface area contributed by atoms with Crippen LogP contribution in [0, 0.1) is 21.4 Å². The third kappa shape index (κ3) is 4.49. The zero-order valence-electron chi connectivity index (χ0n) is 17.0. The normalized spacial score (nSPS) is 13.8. The molecule has 0 spiro atoms. The lowest BCUT2D eigenvalue weighted by Crippen LogP contribution is -2.48. The second kappa shape index (κ2) is 9.14. The maximum absolute atomic E-state index is 12.6. The van der Waals surface area contributed by atoms with E-state index in [0.717, 1.165) is 5.56 Å². The lowest BCUT2D eigenvalue weighted by molar-refractivity contribution is -0.384. The van der Waals surface area contributed by atoms with Crippen LogP contribution in [0.15, 0.2) is 59.0 Å². The number of hydrogen-bond donors (Lipinski definition) is 0. The zero-order chi connectivity index (χ0) is 22.5. The molecular weight excluding hydrogens is 410 g/mol. The molecule has 1 fully saturated rings. The first-order chi connectivity index (χ1) is 15.5. The zero-order valence-corrected chi connectivity index (χ0v) is 17.0. The van der Waals surface area contributed by atoms with E-state index < -0.39 is 4.92 Å². The molecule has 9 heteroatoms. The Kier molecular flexibility index (Phi) is 5.94. The number of aromatic nitrogens is 1. The fourth-order valence-electron chi connectivity index (χ4n) is 3.44. The van der Waals surface area contributed by atoms with Gasteiger partial charge in [0.05, 0.1) is 4.92 Å². The molecule has 0 atom stereocenters. The molecule has 9 nitrogen and oxygen atoms in total. The van der Waals surface area contributed by atoms with Crippen LogP contribution in [0.3, 0.4) is 0 Å². The molecule has 0 N–H and O–H groups in total. The minimum atomic E-state index is -0.458. The van der Waals surface area contributed by atoms with E-state index >= 15 is 0 Å². The van der Waals surface area contributed by atoms with Crippen molar-refractivity contribution in [3.63, 3.8) is 0 Å². The predicted molar refractivity (Wildman–Crippen MR) is 118 cm³/mol. The van der Waals surface area contributed by atoms with Crippen LogP contribution in [-0.4, -0.2) is 46.9 Å². The predicted octanol–water partition coefficient (Wildman–Crippen LogP) is 3.59. The van der Waals surface area contributed by atoms with Gasteiger partial charge < -0.3 is 14.2 Å². The monoisotopic (exact) mass is 429 g/mol. The Morgan fingerprint density at radius 2 is 1.75 bits per heavy atom. The lowest BCUT2D eigenvalue weighted by Gasteiger charge is -2.34. The summed E-state index contributed by atoms with van der Waals surface area (Å²) < 4.78 is 5.80. The summed E-state index contributed by atoms with van der Waals surface area (Å²) in [5.74, 6) is 0.621. The highest BCUT2D eigenvalue weighted by Gasteiger charge is 2.26. The van der Waals surface area contributed by atoms with Gasteiger partial charge in [0.1, 0.15) is 6.07 Å². The summed E-state index contributed by atoms with van der Waals surface area (Å²) in [6, 6.07) is 17.3. The standard InChI is InChI=1S/C23H19N5O4/c24-16-20-23(27-14-12-26(13-15-27)22(29)18-4-2-1-3-5-18)32-21(25-20)11-8-17-6-9-19(10-7-17)28(30)31/h1-11H,12-15H2/b11-8+. The van der Waals surface area contributed by atoms with Gasteiger partial charge in [0.25, 0.3) is 11.6 Å². The van der Waals surface area contributed by atoms with Crippen molar-refractivity contribution in [3.05, 3.63) is 87.4 Å². The van der Waals surface area contributed by atoms with Gasteiger partial charge in [-0.3, -0.25) is 14.9 Å². The van der Waals surface area contributed by atoms with Crippen LogP contribution >= 0.6 is 0 Å². The number of benzene rings is 2. The van der Waals surface area contributed by atoms with Gasteiger partial charge in [-0.25, -0.2) is 0 Å². The highest BCUT2D eigenvalue weighted by molar-refractivity contribution is 5.94. The molecule has 2 aromatic carbocycles.